The van der Waals surface area contributed by atoms with Crippen LogP contribution in [0.3, 0.4) is 0 Å². The van der Waals surface area contributed by atoms with Gasteiger partial charge in [-0.25, -0.2) is 23.1 Å². The second-order valence-corrected chi connectivity index (χ2v) is 10.3. The number of rotatable bonds is 6. The minimum Gasteiger partial charge on any atom is -0.443 e. The number of pyridine rings is 1. The van der Waals surface area contributed by atoms with Crippen molar-refractivity contribution in [2.45, 2.75) is 45.0 Å². The van der Waals surface area contributed by atoms with Crippen LogP contribution in [0.4, 0.5) is 13.6 Å². The molecule has 3 aromatic heterocycles. The van der Waals surface area contributed by atoms with E-state index in [0.29, 0.717) is 11.1 Å². The molecule has 0 aliphatic heterocycles. The van der Waals surface area contributed by atoms with Crippen LogP contribution in [0.25, 0.3) is 22.2 Å². The fourth-order valence-electron chi connectivity index (χ4n) is 4.04. The smallest absolute Gasteiger partial charge is 0.420 e. The van der Waals surface area contributed by atoms with Crippen molar-refractivity contribution in [3.8, 4) is 23.0 Å². The molecule has 11 heteroatoms. The maximum atomic E-state index is 16.1. The molecule has 0 saturated carbocycles. The fourth-order valence-corrected chi connectivity index (χ4v) is 4.04. The number of aryl methyl sites for hydroxylation is 1. The number of aromatic nitrogens is 4. The van der Waals surface area contributed by atoms with E-state index >= 15 is 4.39 Å². The first-order valence-corrected chi connectivity index (χ1v) is 12.3. The van der Waals surface area contributed by atoms with Crippen molar-refractivity contribution in [1.29, 1.82) is 0 Å². The lowest BCUT2D eigenvalue weighted by atomic mass is 9.95. The number of carbonyl (C=O) groups is 1. The highest BCUT2D eigenvalue weighted by Gasteiger charge is 2.29. The normalized spacial score (nSPS) is 13.9. The summed E-state index contributed by atoms with van der Waals surface area (Å²) < 4.78 is 48.8. The molecule has 40 heavy (non-hydrogen) atoms. The van der Waals surface area contributed by atoms with E-state index in [2.05, 4.69) is 21.9 Å². The van der Waals surface area contributed by atoms with Crippen LogP contribution in [-0.2, 0) is 26.9 Å². The molecule has 0 spiro atoms. The number of aliphatic hydroxyl groups is 1. The van der Waals surface area contributed by atoms with E-state index in [1.165, 1.54) is 48.6 Å². The Hall–Kier alpha value is -4.11. The Bertz CT molecular complexity index is 1610. The van der Waals surface area contributed by atoms with Crippen molar-refractivity contribution in [1.82, 2.24) is 19.3 Å². The molecule has 1 N–H and O–H groups in total. The van der Waals surface area contributed by atoms with E-state index in [9.17, 15) is 14.3 Å². The summed E-state index contributed by atoms with van der Waals surface area (Å²) in [4.78, 5) is 17.3. The quantitative estimate of drug-likeness (QED) is 0.263. The summed E-state index contributed by atoms with van der Waals surface area (Å²) in [5, 5.41) is 15.2. The van der Waals surface area contributed by atoms with Gasteiger partial charge in [-0.3, -0.25) is 4.68 Å². The largest absolute Gasteiger partial charge is 0.443 e. The van der Waals surface area contributed by atoms with Crippen LogP contribution in [0, 0.1) is 23.5 Å². The Kier molecular flexibility index (Phi) is 8.07. The van der Waals surface area contributed by atoms with E-state index in [0.717, 1.165) is 4.57 Å². The predicted octanol–water partition coefficient (Wildman–Crippen LogP) is 5.07. The highest BCUT2D eigenvalue weighted by atomic mass is 19.1. The monoisotopic (exact) mass is 552 g/mol. The summed E-state index contributed by atoms with van der Waals surface area (Å²) in [6.45, 7) is 6.51. The first-order valence-electron chi connectivity index (χ1n) is 12.3. The van der Waals surface area contributed by atoms with Gasteiger partial charge in [0.05, 0.1) is 11.6 Å². The van der Waals surface area contributed by atoms with E-state index in [1.54, 1.807) is 47.0 Å². The lowest BCUT2D eigenvalue weighted by molar-refractivity contribution is -0.0992. The average Bonchev–Trinajstić information content (AvgIpc) is 3.49. The van der Waals surface area contributed by atoms with Gasteiger partial charge in [-0.05, 0) is 45.4 Å². The Balaban J connectivity index is 1.86. The van der Waals surface area contributed by atoms with Crippen LogP contribution in [0.5, 0.6) is 0 Å². The summed E-state index contributed by atoms with van der Waals surface area (Å²) in [5.74, 6) is 4.29. The van der Waals surface area contributed by atoms with Crippen LogP contribution in [0.2, 0.25) is 0 Å². The van der Waals surface area contributed by atoms with Crippen LogP contribution >= 0.6 is 0 Å². The second-order valence-electron chi connectivity index (χ2n) is 10.3. The van der Waals surface area contributed by atoms with E-state index in [4.69, 9.17) is 14.2 Å². The number of halogens is 2. The highest BCUT2D eigenvalue weighted by molar-refractivity contribution is 5.93. The molecule has 0 saturated heterocycles. The van der Waals surface area contributed by atoms with Crippen molar-refractivity contribution in [2.24, 2.45) is 7.05 Å². The zero-order valence-corrected chi connectivity index (χ0v) is 23.0. The molecule has 4 rings (SSSR count). The standard InChI is InChI=1S/C29H30F2N4O5/c1-28(2,3)40-27(37)35-16-22(24-25(31)21(14-32-26(24)35)18-13-33-34(5)15-18)23(36)10-11-29(4,39-17-38-6)19-8-7-9-20(30)12-19/h7-9,12-16,23,36H,17H2,1-6H3. The minimum absolute atomic E-state index is 0.0163. The van der Waals surface area contributed by atoms with Gasteiger partial charge < -0.3 is 19.3 Å². The van der Waals surface area contributed by atoms with Crippen LogP contribution < -0.4 is 0 Å². The molecule has 0 fully saturated rings. The van der Waals surface area contributed by atoms with Gasteiger partial charge in [-0.2, -0.15) is 5.10 Å². The molecule has 2 unspecified atom stereocenters. The zero-order chi connectivity index (χ0) is 29.2. The molecule has 9 nitrogen and oxygen atoms in total. The third-order valence-corrected chi connectivity index (χ3v) is 5.97. The number of fused-ring (bicyclic) bond motifs is 1. The van der Waals surface area contributed by atoms with Crippen molar-refractivity contribution < 1.29 is 32.9 Å². The van der Waals surface area contributed by atoms with Gasteiger partial charge in [0.15, 0.2) is 11.2 Å². The number of benzene rings is 1. The summed E-state index contributed by atoms with van der Waals surface area (Å²) in [6.07, 6.45) is 3.23. The zero-order valence-electron chi connectivity index (χ0n) is 23.0. The number of hydrogen-bond acceptors (Lipinski definition) is 7. The first-order chi connectivity index (χ1) is 18.8. The maximum absolute atomic E-state index is 16.1. The third-order valence-electron chi connectivity index (χ3n) is 5.97. The van der Waals surface area contributed by atoms with Gasteiger partial charge in [0.2, 0.25) is 0 Å². The topological polar surface area (TPSA) is 101 Å². The number of hydrogen-bond donors (Lipinski definition) is 1. The first kappa shape index (κ1) is 28.9. The number of ether oxygens (including phenoxy) is 3. The number of aliphatic hydroxyl groups excluding tert-OH is 1. The van der Waals surface area contributed by atoms with Gasteiger partial charge in [0, 0.05) is 49.4 Å². The number of nitrogens with zero attached hydrogens (tertiary/aromatic N) is 4. The Morgan fingerprint density at radius 3 is 2.55 bits per heavy atom. The average molecular weight is 553 g/mol. The molecule has 0 aliphatic rings. The minimum atomic E-state index is -1.59. The molecule has 2 atom stereocenters. The van der Waals surface area contributed by atoms with Gasteiger partial charge in [0.25, 0.3) is 0 Å². The van der Waals surface area contributed by atoms with Crippen LogP contribution in [0.15, 0.2) is 49.1 Å². The van der Waals surface area contributed by atoms with Crippen molar-refractivity contribution >= 4 is 17.1 Å². The fraction of sp³-hybridized carbons (Fsp3) is 0.345. The molecule has 3 heterocycles. The second kappa shape index (κ2) is 11.2. The molecule has 0 amide bonds. The van der Waals surface area contributed by atoms with E-state index in [-0.39, 0.29) is 29.0 Å². The summed E-state index contributed by atoms with van der Waals surface area (Å²) in [6, 6.07) is 5.67. The molecule has 0 bridgehead atoms. The molecular formula is C29H30F2N4O5. The van der Waals surface area contributed by atoms with Crippen molar-refractivity contribution in [2.75, 3.05) is 13.9 Å². The number of carbonyl (C=O) groups excluding carboxylic acids is 1. The highest BCUT2D eigenvalue weighted by Crippen LogP contribution is 2.34. The van der Waals surface area contributed by atoms with Gasteiger partial charge in [0.1, 0.15) is 30.1 Å². The molecule has 0 aliphatic carbocycles. The number of methoxy groups -OCH3 is 1. The van der Waals surface area contributed by atoms with Gasteiger partial charge >= 0.3 is 6.09 Å². The lowest BCUT2D eigenvalue weighted by Gasteiger charge is -2.24. The summed E-state index contributed by atoms with van der Waals surface area (Å²) >= 11 is 0. The van der Waals surface area contributed by atoms with Crippen molar-refractivity contribution in [3.63, 3.8) is 0 Å². The Morgan fingerprint density at radius 1 is 1.18 bits per heavy atom. The van der Waals surface area contributed by atoms with Crippen LogP contribution in [0.1, 0.15) is 44.9 Å². The van der Waals surface area contributed by atoms with E-state index in [1.807, 2.05) is 0 Å². The van der Waals surface area contributed by atoms with Gasteiger partial charge in [-0.1, -0.05) is 24.0 Å². The summed E-state index contributed by atoms with van der Waals surface area (Å²) in [5.41, 5.74) is -1.34. The SMILES string of the molecule is COCOC(C)(C#CC(O)c1cn(C(=O)OC(C)(C)C)c2ncc(-c3cnn(C)c3)c(F)c12)c1cccc(F)c1. The van der Waals surface area contributed by atoms with Crippen LogP contribution in [-0.4, -0.2) is 50.0 Å². The van der Waals surface area contributed by atoms with Gasteiger partial charge in [-0.15, -0.1) is 0 Å². The van der Waals surface area contributed by atoms with E-state index < -0.39 is 35.0 Å². The van der Waals surface area contributed by atoms with Crippen molar-refractivity contribution in [3.05, 3.63) is 71.8 Å². The molecule has 210 valence electrons. The maximum Gasteiger partial charge on any atom is 0.420 e. The molecule has 1 aromatic carbocycles. The molecular weight excluding hydrogens is 522 g/mol. The summed E-state index contributed by atoms with van der Waals surface area (Å²) in [7, 11) is 3.12. The molecule has 0 radical (unpaired) electrons. The third kappa shape index (κ3) is 6.04. The predicted molar refractivity (Wildman–Crippen MR) is 143 cm³/mol. The molecule has 4 aromatic rings. The Morgan fingerprint density at radius 2 is 1.93 bits per heavy atom. The Labute approximate surface area is 230 Å². The lowest BCUT2D eigenvalue weighted by Crippen LogP contribution is -2.27.